The van der Waals surface area contributed by atoms with Crippen LogP contribution >= 0.6 is 0 Å². The van der Waals surface area contributed by atoms with Gasteiger partial charge in [-0.1, -0.05) is 17.7 Å². The van der Waals surface area contributed by atoms with Gasteiger partial charge in [-0.15, -0.1) is 0 Å². The lowest BCUT2D eigenvalue weighted by atomic mass is 10.1. The maximum Gasteiger partial charge on any atom is 0.251 e. The first-order valence-electron chi connectivity index (χ1n) is 5.92. The summed E-state index contributed by atoms with van der Waals surface area (Å²) >= 11 is 0. The average molecular weight is 243 g/mol. The van der Waals surface area contributed by atoms with Crippen molar-refractivity contribution in [2.45, 2.75) is 19.9 Å². The number of benzene rings is 1. The Hall–Kier alpha value is -2.10. The minimum atomic E-state index is -0.113. The average Bonchev–Trinajstić information content (AvgIpc) is 2.75. The van der Waals surface area contributed by atoms with Crippen LogP contribution in [0.5, 0.6) is 0 Å². The van der Waals surface area contributed by atoms with Gasteiger partial charge in [0.15, 0.2) is 0 Å². The Balaban J connectivity index is 2.10. The van der Waals surface area contributed by atoms with Crippen molar-refractivity contribution in [2.24, 2.45) is 7.05 Å². The maximum atomic E-state index is 12.1. The predicted octanol–water partition coefficient (Wildman–Crippen LogP) is 2.22. The van der Waals surface area contributed by atoms with Gasteiger partial charge in [0.2, 0.25) is 0 Å². The molecule has 1 amide bonds. The lowest BCUT2D eigenvalue weighted by molar-refractivity contribution is 0.0937. The van der Waals surface area contributed by atoms with Gasteiger partial charge < -0.3 is 9.88 Å². The summed E-state index contributed by atoms with van der Waals surface area (Å²) < 4.78 is 1.90. The highest BCUT2D eigenvalue weighted by Gasteiger charge is 2.14. The van der Waals surface area contributed by atoms with Crippen LogP contribution in [0, 0.1) is 6.92 Å². The Morgan fingerprint density at radius 1 is 1.44 bits per heavy atom. The van der Waals surface area contributed by atoms with Crippen molar-refractivity contribution in [3.05, 3.63) is 53.6 Å². The molecule has 0 spiro atoms. The summed E-state index contributed by atoms with van der Waals surface area (Å²) in [7, 11) is 1.91. The fourth-order valence-corrected chi connectivity index (χ4v) is 1.93. The minimum absolute atomic E-state index is 0.0748. The minimum Gasteiger partial charge on any atom is -0.342 e. The fraction of sp³-hybridized carbons (Fsp3) is 0.286. The number of hydrogen-bond donors (Lipinski definition) is 1. The molecule has 0 aliphatic carbocycles. The molecule has 0 aliphatic rings. The maximum absolute atomic E-state index is 12.1. The van der Waals surface area contributed by atoms with Crippen molar-refractivity contribution >= 4 is 5.91 Å². The molecule has 0 bridgehead atoms. The van der Waals surface area contributed by atoms with Crippen molar-refractivity contribution in [1.29, 1.82) is 0 Å². The molecule has 0 saturated heterocycles. The zero-order chi connectivity index (χ0) is 13.1. The smallest absolute Gasteiger partial charge is 0.251 e. The van der Waals surface area contributed by atoms with E-state index in [1.807, 2.05) is 55.9 Å². The molecule has 18 heavy (non-hydrogen) atoms. The van der Waals surface area contributed by atoms with E-state index in [4.69, 9.17) is 0 Å². The molecule has 1 aromatic heterocycles. The first-order chi connectivity index (χ1) is 8.58. The molecule has 94 valence electrons. The largest absolute Gasteiger partial charge is 0.342 e. The lowest BCUT2D eigenvalue weighted by Crippen LogP contribution is -2.28. The van der Waals surface area contributed by atoms with Crippen molar-refractivity contribution < 1.29 is 4.79 Å². The molecule has 0 saturated carbocycles. The Morgan fingerprint density at radius 2 is 2.22 bits per heavy atom. The zero-order valence-corrected chi connectivity index (χ0v) is 10.8. The first kappa shape index (κ1) is 12.4. The number of aryl methyl sites for hydroxylation is 2. The molecule has 1 heterocycles. The van der Waals surface area contributed by atoms with Gasteiger partial charge in [-0.25, -0.2) is 4.98 Å². The van der Waals surface area contributed by atoms with E-state index in [0.717, 1.165) is 11.4 Å². The van der Waals surface area contributed by atoms with Crippen LogP contribution in [0.2, 0.25) is 0 Å². The van der Waals surface area contributed by atoms with Crippen LogP contribution in [0.3, 0.4) is 0 Å². The number of aromatic nitrogens is 2. The van der Waals surface area contributed by atoms with Crippen LogP contribution in [0.15, 0.2) is 36.7 Å². The Bertz CT molecular complexity index is 560. The lowest BCUT2D eigenvalue weighted by Gasteiger charge is -2.14. The van der Waals surface area contributed by atoms with Crippen LogP contribution in [0.1, 0.15) is 34.7 Å². The number of rotatable bonds is 3. The Kier molecular flexibility index (Phi) is 3.46. The van der Waals surface area contributed by atoms with Gasteiger partial charge in [-0.05, 0) is 26.0 Å². The molecule has 1 N–H and O–H groups in total. The highest BCUT2D eigenvalue weighted by Crippen LogP contribution is 2.10. The van der Waals surface area contributed by atoms with E-state index in [9.17, 15) is 4.79 Å². The molecule has 2 aromatic rings. The first-order valence-corrected chi connectivity index (χ1v) is 5.92. The Labute approximate surface area is 107 Å². The van der Waals surface area contributed by atoms with Gasteiger partial charge in [0.1, 0.15) is 5.82 Å². The van der Waals surface area contributed by atoms with E-state index >= 15 is 0 Å². The standard InChI is InChI=1S/C14H17N3O/c1-10-5-4-6-12(9-10)14(18)16-11(2)13-15-7-8-17(13)3/h4-9,11H,1-3H3,(H,16,18). The number of amides is 1. The molecule has 0 aliphatic heterocycles. The monoisotopic (exact) mass is 243 g/mol. The molecular formula is C14H17N3O. The Morgan fingerprint density at radius 3 is 2.83 bits per heavy atom. The molecule has 2 rings (SSSR count). The molecule has 0 fully saturated rings. The van der Waals surface area contributed by atoms with E-state index in [1.54, 1.807) is 6.20 Å². The molecule has 4 nitrogen and oxygen atoms in total. The van der Waals surface area contributed by atoms with Gasteiger partial charge in [0, 0.05) is 25.0 Å². The summed E-state index contributed by atoms with van der Waals surface area (Å²) in [6, 6.07) is 7.43. The highest BCUT2D eigenvalue weighted by atomic mass is 16.1. The topological polar surface area (TPSA) is 46.9 Å². The van der Waals surface area contributed by atoms with E-state index in [2.05, 4.69) is 10.3 Å². The number of nitrogens with one attached hydrogen (secondary N) is 1. The summed E-state index contributed by atoms with van der Waals surface area (Å²) in [4.78, 5) is 16.3. The summed E-state index contributed by atoms with van der Waals surface area (Å²) in [5, 5.41) is 2.94. The third kappa shape index (κ3) is 2.59. The van der Waals surface area contributed by atoms with Crippen molar-refractivity contribution in [1.82, 2.24) is 14.9 Å². The van der Waals surface area contributed by atoms with Crippen LogP contribution < -0.4 is 5.32 Å². The van der Waals surface area contributed by atoms with Gasteiger partial charge in [0.05, 0.1) is 6.04 Å². The molecule has 1 aromatic carbocycles. The number of hydrogen-bond acceptors (Lipinski definition) is 2. The van der Waals surface area contributed by atoms with Gasteiger partial charge >= 0.3 is 0 Å². The van der Waals surface area contributed by atoms with Crippen LogP contribution in [0.4, 0.5) is 0 Å². The van der Waals surface area contributed by atoms with E-state index in [-0.39, 0.29) is 11.9 Å². The van der Waals surface area contributed by atoms with Crippen LogP contribution in [0.25, 0.3) is 0 Å². The van der Waals surface area contributed by atoms with Crippen molar-refractivity contribution in [3.63, 3.8) is 0 Å². The van der Waals surface area contributed by atoms with Crippen LogP contribution in [-0.2, 0) is 7.05 Å². The zero-order valence-electron chi connectivity index (χ0n) is 10.8. The van der Waals surface area contributed by atoms with E-state index in [0.29, 0.717) is 5.56 Å². The number of carbonyl (C=O) groups excluding carboxylic acids is 1. The second kappa shape index (κ2) is 5.04. The number of carbonyl (C=O) groups is 1. The molecule has 0 radical (unpaired) electrons. The van der Waals surface area contributed by atoms with Gasteiger partial charge in [-0.2, -0.15) is 0 Å². The van der Waals surface area contributed by atoms with E-state index in [1.165, 1.54) is 0 Å². The summed E-state index contributed by atoms with van der Waals surface area (Å²) in [5.74, 6) is 0.769. The normalized spacial score (nSPS) is 12.2. The molecule has 1 unspecified atom stereocenters. The molecule has 1 atom stereocenters. The number of nitrogens with zero attached hydrogens (tertiary/aromatic N) is 2. The fourth-order valence-electron chi connectivity index (χ4n) is 1.93. The molecular weight excluding hydrogens is 226 g/mol. The number of imidazole rings is 1. The molecule has 4 heteroatoms. The predicted molar refractivity (Wildman–Crippen MR) is 70.3 cm³/mol. The third-order valence-electron chi connectivity index (χ3n) is 2.87. The third-order valence-corrected chi connectivity index (χ3v) is 2.87. The van der Waals surface area contributed by atoms with E-state index < -0.39 is 0 Å². The highest BCUT2D eigenvalue weighted by molar-refractivity contribution is 5.94. The second-order valence-electron chi connectivity index (χ2n) is 4.46. The van der Waals surface area contributed by atoms with Crippen molar-refractivity contribution in [3.8, 4) is 0 Å². The van der Waals surface area contributed by atoms with Crippen molar-refractivity contribution in [2.75, 3.05) is 0 Å². The van der Waals surface area contributed by atoms with Crippen LogP contribution in [-0.4, -0.2) is 15.5 Å². The van der Waals surface area contributed by atoms with Gasteiger partial charge in [0.25, 0.3) is 5.91 Å². The SMILES string of the molecule is Cc1cccc(C(=O)NC(C)c2nccn2C)c1. The summed E-state index contributed by atoms with van der Waals surface area (Å²) in [5.41, 5.74) is 1.75. The summed E-state index contributed by atoms with van der Waals surface area (Å²) in [6.45, 7) is 3.90. The van der Waals surface area contributed by atoms with Gasteiger partial charge in [-0.3, -0.25) is 4.79 Å². The quantitative estimate of drug-likeness (QED) is 0.898. The second-order valence-corrected chi connectivity index (χ2v) is 4.46. The summed E-state index contributed by atoms with van der Waals surface area (Å²) in [6.07, 6.45) is 3.59.